The van der Waals surface area contributed by atoms with Gasteiger partial charge in [-0.25, -0.2) is 5.43 Å². The number of hydrogen-bond acceptors (Lipinski definition) is 4. The summed E-state index contributed by atoms with van der Waals surface area (Å²) in [7, 11) is 0. The van der Waals surface area contributed by atoms with Crippen LogP contribution in [0.15, 0.2) is 96.4 Å². The lowest BCUT2D eigenvalue weighted by Gasteiger charge is -2.07. The lowest BCUT2D eigenvalue weighted by Crippen LogP contribution is -2.17. The van der Waals surface area contributed by atoms with Crippen molar-refractivity contribution in [1.29, 1.82) is 0 Å². The molecule has 0 bridgehead atoms. The molecule has 3 aromatic carbocycles. The van der Waals surface area contributed by atoms with Crippen molar-refractivity contribution in [3.8, 4) is 11.5 Å². The van der Waals surface area contributed by atoms with Crippen molar-refractivity contribution in [2.24, 2.45) is 5.10 Å². The molecule has 0 aliphatic carbocycles. The van der Waals surface area contributed by atoms with Gasteiger partial charge in [-0.15, -0.1) is 0 Å². The molecule has 1 aromatic heterocycles. The average molecular weight is 367 g/mol. The van der Waals surface area contributed by atoms with Crippen LogP contribution in [-0.2, 0) is 0 Å². The molecule has 28 heavy (non-hydrogen) atoms. The minimum Gasteiger partial charge on any atom is -0.457 e. The van der Waals surface area contributed by atoms with Crippen LogP contribution in [0.2, 0.25) is 0 Å². The molecular formula is C23H17N3O2. The van der Waals surface area contributed by atoms with Crippen LogP contribution in [-0.4, -0.2) is 17.1 Å². The maximum absolute atomic E-state index is 11.9. The van der Waals surface area contributed by atoms with Crippen LogP contribution in [0.25, 0.3) is 10.8 Å². The van der Waals surface area contributed by atoms with Gasteiger partial charge in [-0.3, -0.25) is 9.78 Å². The predicted octanol–water partition coefficient (Wildman–Crippen LogP) is 4.79. The van der Waals surface area contributed by atoms with E-state index in [0.717, 1.165) is 22.4 Å². The lowest BCUT2D eigenvalue weighted by atomic mass is 10.1. The second-order valence-corrected chi connectivity index (χ2v) is 6.12. The molecule has 5 heteroatoms. The van der Waals surface area contributed by atoms with Gasteiger partial charge in [-0.05, 0) is 64.9 Å². The number of carbonyl (C=O) groups is 1. The zero-order valence-corrected chi connectivity index (χ0v) is 14.9. The molecule has 1 heterocycles. The van der Waals surface area contributed by atoms with E-state index in [1.54, 1.807) is 30.7 Å². The van der Waals surface area contributed by atoms with E-state index < -0.39 is 0 Å². The first-order chi connectivity index (χ1) is 13.8. The van der Waals surface area contributed by atoms with Gasteiger partial charge in [0, 0.05) is 18.0 Å². The van der Waals surface area contributed by atoms with Crippen molar-refractivity contribution in [3.05, 3.63) is 102 Å². The Labute approximate surface area is 162 Å². The van der Waals surface area contributed by atoms with Crippen molar-refractivity contribution in [2.75, 3.05) is 0 Å². The van der Waals surface area contributed by atoms with E-state index in [1.165, 1.54) is 5.39 Å². The maximum atomic E-state index is 11.9. The maximum Gasteiger partial charge on any atom is 0.271 e. The SMILES string of the molecule is O=C(N/N=C/c1ccc(Oc2ccc3ccccc3c2)cc1)c1ccncc1. The number of nitrogens with one attached hydrogen (secondary N) is 1. The van der Waals surface area contributed by atoms with Gasteiger partial charge < -0.3 is 4.74 Å². The number of hydrazone groups is 1. The molecule has 0 aliphatic heterocycles. The van der Waals surface area contributed by atoms with Gasteiger partial charge >= 0.3 is 0 Å². The van der Waals surface area contributed by atoms with E-state index >= 15 is 0 Å². The second-order valence-electron chi connectivity index (χ2n) is 6.12. The Morgan fingerprint density at radius 2 is 1.57 bits per heavy atom. The van der Waals surface area contributed by atoms with Crippen molar-refractivity contribution in [3.63, 3.8) is 0 Å². The van der Waals surface area contributed by atoms with Crippen LogP contribution in [0.3, 0.4) is 0 Å². The highest BCUT2D eigenvalue weighted by Gasteiger charge is 2.02. The zero-order chi connectivity index (χ0) is 19.2. The molecule has 1 N–H and O–H groups in total. The Morgan fingerprint density at radius 1 is 0.857 bits per heavy atom. The Morgan fingerprint density at radius 3 is 2.36 bits per heavy atom. The Balaban J connectivity index is 1.38. The third kappa shape index (κ3) is 4.22. The Kier molecular flexibility index (Phi) is 5.06. The van der Waals surface area contributed by atoms with E-state index in [1.807, 2.05) is 54.6 Å². The summed E-state index contributed by atoms with van der Waals surface area (Å²) in [6, 6.07) is 24.9. The normalized spacial score (nSPS) is 10.9. The van der Waals surface area contributed by atoms with Gasteiger partial charge in [-0.1, -0.05) is 30.3 Å². The van der Waals surface area contributed by atoms with Crippen LogP contribution < -0.4 is 10.2 Å². The van der Waals surface area contributed by atoms with E-state index in [4.69, 9.17) is 4.74 Å². The first kappa shape index (κ1) is 17.4. The van der Waals surface area contributed by atoms with Gasteiger partial charge in [0.25, 0.3) is 5.91 Å². The summed E-state index contributed by atoms with van der Waals surface area (Å²) in [5, 5.41) is 6.29. The molecule has 0 saturated carbocycles. The molecule has 0 unspecified atom stereocenters. The van der Waals surface area contributed by atoms with Crippen LogP contribution in [0.1, 0.15) is 15.9 Å². The molecule has 136 valence electrons. The first-order valence-corrected chi connectivity index (χ1v) is 8.78. The highest BCUT2D eigenvalue weighted by molar-refractivity contribution is 5.94. The van der Waals surface area contributed by atoms with Gasteiger partial charge in [0.1, 0.15) is 11.5 Å². The summed E-state index contributed by atoms with van der Waals surface area (Å²) in [5.74, 6) is 1.23. The smallest absolute Gasteiger partial charge is 0.271 e. The molecular weight excluding hydrogens is 350 g/mol. The summed E-state index contributed by atoms with van der Waals surface area (Å²) in [5.41, 5.74) is 3.84. The van der Waals surface area contributed by atoms with Crippen molar-refractivity contribution < 1.29 is 9.53 Å². The minimum atomic E-state index is -0.282. The number of nitrogens with zero attached hydrogens (tertiary/aromatic N) is 2. The van der Waals surface area contributed by atoms with E-state index in [2.05, 4.69) is 27.6 Å². The number of fused-ring (bicyclic) bond motifs is 1. The standard InChI is InChI=1S/C23H17N3O2/c27-23(19-11-13-24-14-12-19)26-25-16-17-5-8-21(9-6-17)28-22-10-7-18-3-1-2-4-20(18)15-22/h1-16H,(H,26,27)/b25-16+. The van der Waals surface area contributed by atoms with E-state index in [-0.39, 0.29) is 5.91 Å². The van der Waals surface area contributed by atoms with Crippen LogP contribution in [0.5, 0.6) is 11.5 Å². The summed E-state index contributed by atoms with van der Waals surface area (Å²) in [6.07, 6.45) is 4.71. The van der Waals surface area contributed by atoms with Gasteiger partial charge in [-0.2, -0.15) is 5.10 Å². The summed E-state index contributed by atoms with van der Waals surface area (Å²) in [6.45, 7) is 0. The minimum absolute atomic E-state index is 0.282. The van der Waals surface area contributed by atoms with Crippen molar-refractivity contribution in [1.82, 2.24) is 10.4 Å². The van der Waals surface area contributed by atoms with Gasteiger partial charge in [0.15, 0.2) is 0 Å². The number of pyridine rings is 1. The third-order valence-electron chi connectivity index (χ3n) is 4.16. The number of aromatic nitrogens is 1. The molecule has 0 saturated heterocycles. The fourth-order valence-electron chi connectivity index (χ4n) is 2.72. The number of hydrogen-bond donors (Lipinski definition) is 1. The number of ether oxygens (including phenoxy) is 1. The highest BCUT2D eigenvalue weighted by atomic mass is 16.5. The molecule has 1 amide bonds. The number of amides is 1. The first-order valence-electron chi connectivity index (χ1n) is 8.78. The predicted molar refractivity (Wildman–Crippen MR) is 110 cm³/mol. The van der Waals surface area contributed by atoms with Crippen molar-refractivity contribution >= 4 is 22.9 Å². The Bertz CT molecular complexity index is 1120. The average Bonchev–Trinajstić information content (AvgIpc) is 2.75. The fraction of sp³-hybridized carbons (Fsp3) is 0. The quantitative estimate of drug-likeness (QED) is 0.407. The molecule has 0 fully saturated rings. The fourth-order valence-corrected chi connectivity index (χ4v) is 2.72. The molecule has 5 nitrogen and oxygen atoms in total. The van der Waals surface area contributed by atoms with Crippen LogP contribution in [0, 0.1) is 0 Å². The van der Waals surface area contributed by atoms with Gasteiger partial charge in [0.2, 0.25) is 0 Å². The van der Waals surface area contributed by atoms with Gasteiger partial charge in [0.05, 0.1) is 6.21 Å². The summed E-state index contributed by atoms with van der Waals surface area (Å²) < 4.78 is 5.92. The number of rotatable bonds is 5. The third-order valence-corrected chi connectivity index (χ3v) is 4.16. The van der Waals surface area contributed by atoms with E-state index in [9.17, 15) is 4.79 Å². The van der Waals surface area contributed by atoms with Crippen LogP contribution in [0.4, 0.5) is 0 Å². The molecule has 0 aliphatic rings. The summed E-state index contributed by atoms with van der Waals surface area (Å²) >= 11 is 0. The molecule has 4 rings (SSSR count). The summed E-state index contributed by atoms with van der Waals surface area (Å²) in [4.78, 5) is 15.8. The zero-order valence-electron chi connectivity index (χ0n) is 14.9. The highest BCUT2D eigenvalue weighted by Crippen LogP contribution is 2.25. The lowest BCUT2D eigenvalue weighted by molar-refractivity contribution is 0.0955. The van der Waals surface area contributed by atoms with E-state index in [0.29, 0.717) is 5.56 Å². The monoisotopic (exact) mass is 367 g/mol. The van der Waals surface area contributed by atoms with Crippen molar-refractivity contribution in [2.45, 2.75) is 0 Å². The molecule has 0 radical (unpaired) electrons. The molecule has 0 spiro atoms. The number of benzene rings is 3. The second kappa shape index (κ2) is 8.14. The van der Waals surface area contributed by atoms with Crippen LogP contribution >= 0.6 is 0 Å². The molecule has 4 aromatic rings. The molecule has 0 atom stereocenters. The number of carbonyl (C=O) groups excluding carboxylic acids is 1. The topological polar surface area (TPSA) is 63.6 Å². The Hall–Kier alpha value is -3.99. The largest absolute Gasteiger partial charge is 0.457 e.